The van der Waals surface area contributed by atoms with E-state index in [1.165, 1.54) is 0 Å². The number of hydrogen-bond donors (Lipinski definition) is 0. The molecule has 110 valence electrons. The molecule has 20 heavy (non-hydrogen) atoms. The molecular formula is C13H19N3O3S. The second kappa shape index (κ2) is 4.96. The minimum absolute atomic E-state index is 0.114. The fraction of sp³-hybridized carbons (Fsp3) is 0.692. The largest absolute Gasteiger partial charge is 0.473 e. The Balaban J connectivity index is 1.65. The van der Waals surface area contributed by atoms with Gasteiger partial charge in [0.2, 0.25) is 15.9 Å². The van der Waals surface area contributed by atoms with Crippen LogP contribution in [0.2, 0.25) is 0 Å². The maximum absolute atomic E-state index is 12.1. The second-order valence-corrected chi connectivity index (χ2v) is 7.74. The Morgan fingerprint density at radius 3 is 2.65 bits per heavy atom. The molecule has 1 saturated heterocycles. The number of ether oxygens (including phenoxy) is 1. The lowest BCUT2D eigenvalue weighted by molar-refractivity contribution is 0.206. The third kappa shape index (κ3) is 2.78. The Labute approximate surface area is 119 Å². The standard InChI is InChI=1S/C13H19N3O3S/c1-9-7-13(15-10(2)14-9)19-11-5-6-16(8-11)20(17,18)12-3-4-12/h7,11-12H,3-6,8H2,1-2H3. The topological polar surface area (TPSA) is 72.4 Å². The molecule has 3 rings (SSSR count). The zero-order valence-electron chi connectivity index (χ0n) is 11.7. The summed E-state index contributed by atoms with van der Waals surface area (Å²) in [5.74, 6) is 1.20. The first-order valence-corrected chi connectivity index (χ1v) is 8.43. The van der Waals surface area contributed by atoms with Gasteiger partial charge in [-0.2, -0.15) is 9.29 Å². The monoisotopic (exact) mass is 297 g/mol. The molecule has 2 aliphatic rings. The molecule has 1 aromatic heterocycles. The average Bonchev–Trinajstić information content (AvgIpc) is 3.10. The molecule has 1 aromatic rings. The summed E-state index contributed by atoms with van der Waals surface area (Å²) in [7, 11) is -3.09. The molecule has 1 atom stereocenters. The second-order valence-electron chi connectivity index (χ2n) is 5.53. The predicted octanol–water partition coefficient (Wildman–Crippen LogP) is 1.04. The van der Waals surface area contributed by atoms with Crippen molar-refractivity contribution in [2.24, 2.45) is 0 Å². The van der Waals surface area contributed by atoms with Crippen LogP contribution in [0.1, 0.15) is 30.8 Å². The smallest absolute Gasteiger partial charge is 0.217 e. The average molecular weight is 297 g/mol. The number of aromatic nitrogens is 2. The van der Waals surface area contributed by atoms with E-state index in [1.54, 1.807) is 10.4 Å². The van der Waals surface area contributed by atoms with E-state index in [0.29, 0.717) is 31.2 Å². The van der Waals surface area contributed by atoms with Crippen LogP contribution in [0, 0.1) is 13.8 Å². The zero-order chi connectivity index (χ0) is 14.3. The van der Waals surface area contributed by atoms with E-state index in [1.807, 2.05) is 13.8 Å². The van der Waals surface area contributed by atoms with Crippen LogP contribution in [-0.2, 0) is 10.0 Å². The van der Waals surface area contributed by atoms with Crippen LogP contribution >= 0.6 is 0 Å². The molecule has 0 bridgehead atoms. The fourth-order valence-electron chi connectivity index (χ4n) is 2.52. The minimum atomic E-state index is -3.09. The van der Waals surface area contributed by atoms with E-state index in [-0.39, 0.29) is 11.4 Å². The van der Waals surface area contributed by atoms with E-state index in [0.717, 1.165) is 18.5 Å². The molecule has 0 amide bonds. The van der Waals surface area contributed by atoms with Gasteiger partial charge < -0.3 is 4.74 Å². The minimum Gasteiger partial charge on any atom is -0.473 e. The van der Waals surface area contributed by atoms with Gasteiger partial charge in [-0.05, 0) is 33.1 Å². The summed E-state index contributed by atoms with van der Waals surface area (Å²) in [6.45, 7) is 4.69. The first-order chi connectivity index (χ1) is 9.45. The molecule has 1 aliphatic heterocycles. The Bertz CT molecular complexity index is 593. The first kappa shape index (κ1) is 13.8. The van der Waals surface area contributed by atoms with Gasteiger partial charge in [-0.3, -0.25) is 0 Å². The van der Waals surface area contributed by atoms with Crippen LogP contribution in [0.25, 0.3) is 0 Å². The maximum Gasteiger partial charge on any atom is 0.217 e. The molecule has 0 radical (unpaired) electrons. The summed E-state index contributed by atoms with van der Waals surface area (Å²) < 4.78 is 31.7. The summed E-state index contributed by atoms with van der Waals surface area (Å²) in [6.07, 6.45) is 2.20. The van der Waals surface area contributed by atoms with Crippen molar-refractivity contribution in [1.29, 1.82) is 0 Å². The van der Waals surface area contributed by atoms with E-state index in [4.69, 9.17) is 4.74 Å². The van der Waals surface area contributed by atoms with Crippen LogP contribution in [-0.4, -0.2) is 47.1 Å². The van der Waals surface area contributed by atoms with Crippen LogP contribution in [0.3, 0.4) is 0 Å². The summed E-state index contributed by atoms with van der Waals surface area (Å²) >= 11 is 0. The Morgan fingerprint density at radius 1 is 1.25 bits per heavy atom. The highest BCUT2D eigenvalue weighted by molar-refractivity contribution is 7.90. The van der Waals surface area contributed by atoms with Crippen molar-refractivity contribution in [3.05, 3.63) is 17.6 Å². The van der Waals surface area contributed by atoms with Gasteiger partial charge in [0.05, 0.1) is 11.8 Å². The van der Waals surface area contributed by atoms with Gasteiger partial charge in [0.25, 0.3) is 0 Å². The molecule has 0 N–H and O–H groups in total. The molecular weight excluding hydrogens is 278 g/mol. The van der Waals surface area contributed by atoms with Gasteiger partial charge in [0.1, 0.15) is 11.9 Å². The zero-order valence-corrected chi connectivity index (χ0v) is 12.6. The predicted molar refractivity (Wildman–Crippen MR) is 74.1 cm³/mol. The third-order valence-corrected chi connectivity index (χ3v) is 6.01. The van der Waals surface area contributed by atoms with Crippen molar-refractivity contribution in [3.63, 3.8) is 0 Å². The third-order valence-electron chi connectivity index (χ3n) is 3.64. The number of rotatable bonds is 4. The van der Waals surface area contributed by atoms with E-state index < -0.39 is 10.0 Å². The number of hydrogen-bond acceptors (Lipinski definition) is 5. The van der Waals surface area contributed by atoms with Crippen molar-refractivity contribution >= 4 is 10.0 Å². The molecule has 1 aliphatic carbocycles. The highest BCUT2D eigenvalue weighted by atomic mass is 32.2. The number of nitrogens with zero attached hydrogens (tertiary/aromatic N) is 3. The molecule has 1 unspecified atom stereocenters. The Kier molecular flexibility index (Phi) is 3.41. The SMILES string of the molecule is Cc1cc(OC2CCN(S(=O)(=O)C3CC3)C2)nc(C)n1. The van der Waals surface area contributed by atoms with Gasteiger partial charge in [0.15, 0.2) is 0 Å². The molecule has 0 aromatic carbocycles. The molecule has 2 fully saturated rings. The normalized spacial score (nSPS) is 24.0. The molecule has 6 nitrogen and oxygen atoms in total. The van der Waals surface area contributed by atoms with Gasteiger partial charge in [-0.15, -0.1) is 0 Å². The number of aryl methyl sites for hydroxylation is 2. The molecule has 2 heterocycles. The fourth-order valence-corrected chi connectivity index (χ4v) is 4.40. The van der Waals surface area contributed by atoms with E-state index >= 15 is 0 Å². The molecule has 1 saturated carbocycles. The summed E-state index contributed by atoms with van der Waals surface area (Å²) in [6, 6.07) is 1.78. The molecule has 7 heteroatoms. The van der Waals surface area contributed by atoms with Gasteiger partial charge in [0, 0.05) is 18.3 Å². The summed E-state index contributed by atoms with van der Waals surface area (Å²) in [5.41, 5.74) is 0.855. The van der Waals surface area contributed by atoms with Gasteiger partial charge in [-0.1, -0.05) is 0 Å². The number of sulfonamides is 1. The van der Waals surface area contributed by atoms with E-state index in [9.17, 15) is 8.42 Å². The highest BCUT2D eigenvalue weighted by Gasteiger charge is 2.43. The van der Waals surface area contributed by atoms with Crippen LogP contribution < -0.4 is 4.74 Å². The Morgan fingerprint density at radius 2 is 2.00 bits per heavy atom. The van der Waals surface area contributed by atoms with Gasteiger partial charge >= 0.3 is 0 Å². The quantitative estimate of drug-likeness (QED) is 0.830. The lowest BCUT2D eigenvalue weighted by Gasteiger charge is -2.16. The molecule has 0 spiro atoms. The van der Waals surface area contributed by atoms with Crippen LogP contribution in [0.5, 0.6) is 5.88 Å². The highest BCUT2D eigenvalue weighted by Crippen LogP contribution is 2.33. The summed E-state index contributed by atoms with van der Waals surface area (Å²) in [4.78, 5) is 8.43. The van der Waals surface area contributed by atoms with Crippen molar-refractivity contribution in [2.75, 3.05) is 13.1 Å². The Hall–Kier alpha value is -1.21. The van der Waals surface area contributed by atoms with Crippen molar-refractivity contribution in [2.45, 2.75) is 44.5 Å². The van der Waals surface area contributed by atoms with Crippen molar-refractivity contribution < 1.29 is 13.2 Å². The van der Waals surface area contributed by atoms with Crippen molar-refractivity contribution in [1.82, 2.24) is 14.3 Å². The summed E-state index contributed by atoms with van der Waals surface area (Å²) in [5, 5.41) is -0.148. The van der Waals surface area contributed by atoms with Gasteiger partial charge in [-0.25, -0.2) is 13.4 Å². The van der Waals surface area contributed by atoms with E-state index in [2.05, 4.69) is 9.97 Å². The lowest BCUT2D eigenvalue weighted by atomic mass is 10.3. The lowest BCUT2D eigenvalue weighted by Crippen LogP contribution is -2.33. The van der Waals surface area contributed by atoms with Crippen LogP contribution in [0.4, 0.5) is 0 Å². The van der Waals surface area contributed by atoms with Crippen LogP contribution in [0.15, 0.2) is 6.07 Å². The first-order valence-electron chi connectivity index (χ1n) is 6.93. The van der Waals surface area contributed by atoms with Crippen molar-refractivity contribution in [3.8, 4) is 5.88 Å². The maximum atomic E-state index is 12.1.